The smallest absolute Gasteiger partial charge is 0.269 e. The molecule has 0 bridgehead atoms. The first-order valence-corrected chi connectivity index (χ1v) is 2.46. The summed E-state index contributed by atoms with van der Waals surface area (Å²) >= 11 is 0. The average Bonchev–Trinajstić information content (AvgIpc) is 1.87. The topological polar surface area (TPSA) is 58.6 Å². The van der Waals surface area contributed by atoms with Crippen molar-refractivity contribution in [3.63, 3.8) is 0 Å². The highest BCUT2D eigenvalue weighted by Crippen LogP contribution is 1.89. The molecule has 0 aliphatic heterocycles. The summed E-state index contributed by atoms with van der Waals surface area (Å²) in [4.78, 5) is 14.0. The maximum atomic E-state index is 11.3. The highest BCUT2D eigenvalue weighted by molar-refractivity contribution is 5.75. The molecule has 0 unspecified atom stereocenters. The van der Waals surface area contributed by atoms with Crippen LogP contribution in [0.4, 0.5) is 8.78 Å². The highest BCUT2D eigenvalue weighted by atomic mass is 19.3. The summed E-state index contributed by atoms with van der Waals surface area (Å²) in [6, 6.07) is 0. The van der Waals surface area contributed by atoms with Gasteiger partial charge in [0.15, 0.2) is 0 Å². The Morgan fingerprint density at radius 2 is 2.30 bits per heavy atom. The first kappa shape index (κ1) is 9.25. The van der Waals surface area contributed by atoms with Crippen LogP contribution >= 0.6 is 0 Å². The molecule has 0 spiro atoms. The molecule has 2 N–H and O–H groups in total. The summed E-state index contributed by atoms with van der Waals surface area (Å²) in [6.45, 7) is -1.64. The van der Waals surface area contributed by atoms with E-state index >= 15 is 0 Å². The van der Waals surface area contributed by atoms with Gasteiger partial charge in [-0.2, -0.15) is 0 Å². The standard InChI is InChI=1S/C4H7F2NO3/c5-3(6)2-10-7-4(9)1-8/h3,8H,1-2H2,(H,7,9). The van der Waals surface area contributed by atoms with Gasteiger partial charge in [-0.1, -0.05) is 0 Å². The zero-order valence-corrected chi connectivity index (χ0v) is 5.01. The van der Waals surface area contributed by atoms with Crippen molar-refractivity contribution in [3.8, 4) is 0 Å². The number of rotatable bonds is 4. The van der Waals surface area contributed by atoms with Crippen LogP contribution in [0.5, 0.6) is 0 Å². The van der Waals surface area contributed by atoms with E-state index in [2.05, 4.69) is 4.84 Å². The fourth-order valence-electron chi connectivity index (χ4n) is 0.217. The van der Waals surface area contributed by atoms with Crippen molar-refractivity contribution in [2.45, 2.75) is 6.43 Å². The van der Waals surface area contributed by atoms with Crippen molar-refractivity contribution in [1.82, 2.24) is 5.48 Å². The first-order chi connectivity index (χ1) is 4.66. The monoisotopic (exact) mass is 155 g/mol. The van der Waals surface area contributed by atoms with Gasteiger partial charge in [-0.25, -0.2) is 14.3 Å². The Hall–Kier alpha value is -0.750. The zero-order chi connectivity index (χ0) is 7.98. The van der Waals surface area contributed by atoms with Gasteiger partial charge in [0, 0.05) is 0 Å². The lowest BCUT2D eigenvalue weighted by molar-refractivity contribution is -0.139. The van der Waals surface area contributed by atoms with Gasteiger partial charge in [0.1, 0.15) is 13.2 Å². The average molecular weight is 155 g/mol. The zero-order valence-electron chi connectivity index (χ0n) is 5.01. The molecule has 10 heavy (non-hydrogen) atoms. The van der Waals surface area contributed by atoms with Gasteiger partial charge >= 0.3 is 0 Å². The molecule has 6 heteroatoms. The number of aliphatic hydroxyl groups is 1. The van der Waals surface area contributed by atoms with Crippen LogP contribution in [-0.4, -0.2) is 30.7 Å². The van der Waals surface area contributed by atoms with Crippen LogP contribution < -0.4 is 5.48 Å². The number of hydrogen-bond donors (Lipinski definition) is 2. The second-order valence-electron chi connectivity index (χ2n) is 1.39. The molecule has 0 aliphatic carbocycles. The van der Waals surface area contributed by atoms with Crippen molar-refractivity contribution in [2.75, 3.05) is 13.2 Å². The van der Waals surface area contributed by atoms with Gasteiger partial charge in [0.05, 0.1) is 0 Å². The Morgan fingerprint density at radius 1 is 1.70 bits per heavy atom. The van der Waals surface area contributed by atoms with Crippen LogP contribution in [0.25, 0.3) is 0 Å². The minimum Gasteiger partial charge on any atom is -0.386 e. The Bertz CT molecular complexity index is 109. The lowest BCUT2D eigenvalue weighted by Gasteiger charge is -2.01. The minimum absolute atomic E-state index is 0.775. The third kappa shape index (κ3) is 5.39. The van der Waals surface area contributed by atoms with Crippen LogP contribution in [0, 0.1) is 0 Å². The van der Waals surface area contributed by atoms with Crippen LogP contribution in [0.3, 0.4) is 0 Å². The number of carbonyl (C=O) groups excluding carboxylic acids is 1. The number of halogens is 2. The third-order valence-electron chi connectivity index (χ3n) is 0.539. The normalized spacial score (nSPS) is 10.0. The minimum atomic E-state index is -2.63. The van der Waals surface area contributed by atoms with E-state index in [4.69, 9.17) is 5.11 Å². The summed E-state index contributed by atoms with van der Waals surface area (Å²) in [5.41, 5.74) is 1.59. The molecular formula is C4H7F2NO3. The summed E-state index contributed by atoms with van der Waals surface area (Å²) in [5.74, 6) is -0.847. The van der Waals surface area contributed by atoms with E-state index in [1.165, 1.54) is 0 Å². The second-order valence-corrected chi connectivity index (χ2v) is 1.39. The van der Waals surface area contributed by atoms with E-state index in [1.54, 1.807) is 5.48 Å². The molecule has 0 atom stereocenters. The lowest BCUT2D eigenvalue weighted by atomic mass is 10.7. The summed E-state index contributed by atoms with van der Waals surface area (Å²) < 4.78 is 22.5. The van der Waals surface area contributed by atoms with Gasteiger partial charge in [-0.3, -0.25) is 9.63 Å². The van der Waals surface area contributed by atoms with Gasteiger partial charge in [-0.15, -0.1) is 0 Å². The molecule has 4 nitrogen and oxygen atoms in total. The van der Waals surface area contributed by atoms with Crippen LogP contribution in [0.15, 0.2) is 0 Å². The summed E-state index contributed by atoms with van der Waals surface area (Å²) in [5, 5.41) is 8.02. The van der Waals surface area contributed by atoms with E-state index in [9.17, 15) is 13.6 Å². The molecule has 0 aromatic heterocycles. The Kier molecular flexibility index (Phi) is 4.69. The third-order valence-corrected chi connectivity index (χ3v) is 0.539. The fourth-order valence-corrected chi connectivity index (χ4v) is 0.217. The molecule has 0 saturated carbocycles. The summed E-state index contributed by atoms with van der Waals surface area (Å²) in [7, 11) is 0. The van der Waals surface area contributed by atoms with Crippen LogP contribution in [-0.2, 0) is 9.63 Å². The molecule has 0 heterocycles. The van der Waals surface area contributed by atoms with Crippen LogP contribution in [0.1, 0.15) is 0 Å². The maximum absolute atomic E-state index is 11.3. The van der Waals surface area contributed by atoms with E-state index in [0.717, 1.165) is 0 Å². The molecule has 0 aromatic rings. The van der Waals surface area contributed by atoms with Crippen molar-refractivity contribution in [2.24, 2.45) is 0 Å². The number of hydroxylamine groups is 1. The van der Waals surface area contributed by atoms with Crippen molar-refractivity contribution < 1.29 is 23.5 Å². The number of amides is 1. The highest BCUT2D eigenvalue weighted by Gasteiger charge is 2.03. The van der Waals surface area contributed by atoms with E-state index in [1.807, 2.05) is 0 Å². The van der Waals surface area contributed by atoms with Gasteiger partial charge in [-0.05, 0) is 0 Å². The van der Waals surface area contributed by atoms with Crippen molar-refractivity contribution >= 4 is 5.91 Å². The Labute approximate surface area is 55.7 Å². The second kappa shape index (κ2) is 5.07. The Morgan fingerprint density at radius 3 is 2.70 bits per heavy atom. The van der Waals surface area contributed by atoms with Gasteiger partial charge in [0.2, 0.25) is 0 Å². The van der Waals surface area contributed by atoms with E-state index in [0.29, 0.717) is 0 Å². The molecular weight excluding hydrogens is 148 g/mol. The van der Waals surface area contributed by atoms with E-state index in [-0.39, 0.29) is 0 Å². The largest absolute Gasteiger partial charge is 0.386 e. The molecule has 60 valence electrons. The fraction of sp³-hybridized carbons (Fsp3) is 0.750. The van der Waals surface area contributed by atoms with Gasteiger partial charge in [0.25, 0.3) is 12.3 Å². The number of alkyl halides is 2. The number of carbonyl (C=O) groups is 1. The van der Waals surface area contributed by atoms with Crippen molar-refractivity contribution in [1.29, 1.82) is 0 Å². The molecule has 0 fully saturated rings. The maximum Gasteiger partial charge on any atom is 0.269 e. The quantitative estimate of drug-likeness (QED) is 0.527. The lowest BCUT2D eigenvalue weighted by Crippen LogP contribution is -2.28. The molecule has 0 radical (unpaired) electrons. The predicted molar refractivity (Wildman–Crippen MR) is 27.2 cm³/mol. The summed E-state index contributed by atoms with van der Waals surface area (Å²) in [6.07, 6.45) is -2.63. The number of nitrogens with one attached hydrogen (secondary N) is 1. The van der Waals surface area contributed by atoms with Gasteiger partial charge < -0.3 is 5.11 Å². The number of hydrogen-bond acceptors (Lipinski definition) is 3. The molecule has 0 aromatic carbocycles. The number of aliphatic hydroxyl groups excluding tert-OH is 1. The molecule has 0 rings (SSSR count). The van der Waals surface area contributed by atoms with E-state index < -0.39 is 25.5 Å². The molecule has 1 amide bonds. The SMILES string of the molecule is O=C(CO)NOCC(F)F. The van der Waals surface area contributed by atoms with Crippen molar-refractivity contribution in [3.05, 3.63) is 0 Å². The first-order valence-electron chi connectivity index (χ1n) is 2.46. The molecule has 0 aliphatic rings. The Balaban J connectivity index is 3.12. The molecule has 0 saturated heterocycles. The predicted octanol–water partition coefficient (Wildman–Crippen LogP) is -0.708. The van der Waals surface area contributed by atoms with Crippen LogP contribution in [0.2, 0.25) is 0 Å².